The van der Waals surface area contributed by atoms with Crippen molar-refractivity contribution in [3.05, 3.63) is 108 Å². The molecule has 0 saturated heterocycles. The molecule has 0 fully saturated rings. The first-order chi connectivity index (χ1) is 14.2. The zero-order valence-electron chi connectivity index (χ0n) is 16.8. The first-order valence-corrected chi connectivity index (χ1v) is 9.37. The molecular weight excluding hydrogens is 524 g/mol. The smallest absolute Gasteiger partial charge is 0.257 e. The first kappa shape index (κ1) is 26.2. The van der Waals surface area contributed by atoms with Gasteiger partial charge in [0, 0.05) is 30.3 Å². The molecule has 2 aromatic heterocycles. The van der Waals surface area contributed by atoms with Crippen LogP contribution in [0.5, 0.6) is 0 Å². The molecule has 0 aliphatic heterocycles. The Hall–Kier alpha value is -2.84. The lowest BCUT2D eigenvalue weighted by Crippen LogP contribution is -3.00. The number of nitrogens with one attached hydrogen (secondary N) is 1. The third-order valence-electron chi connectivity index (χ3n) is 4.34. The van der Waals surface area contributed by atoms with Gasteiger partial charge < -0.3 is 44.5 Å². The number of allylic oxidation sites excluding steroid dienone is 2. The molecule has 1 amide bonds. The van der Waals surface area contributed by atoms with Crippen LogP contribution >= 0.6 is 0 Å². The standard InChI is InChI=1S/C23H22N4O2.2BrH/c28-23(24-17-20-7-2-1-3-8-20)22-9-6-14-27(19-22)13-5-4-12-26-15-10-21(11-16-26)18-25-29;;/h1-11,14-16,18-19H,12-13,17H2;2*1H/b5-4+;;. The van der Waals surface area contributed by atoms with E-state index in [4.69, 9.17) is 5.21 Å². The third kappa shape index (κ3) is 8.82. The van der Waals surface area contributed by atoms with Gasteiger partial charge in [-0.3, -0.25) is 4.79 Å². The number of nitrogens with zero attached hydrogens (tertiary/aromatic N) is 3. The number of halogens is 2. The summed E-state index contributed by atoms with van der Waals surface area (Å²) in [5.74, 6) is -0.0887. The minimum Gasteiger partial charge on any atom is -1.00 e. The van der Waals surface area contributed by atoms with Gasteiger partial charge in [0.2, 0.25) is 0 Å². The van der Waals surface area contributed by atoms with Crippen molar-refractivity contribution in [1.29, 1.82) is 0 Å². The highest BCUT2D eigenvalue weighted by atomic mass is 79.9. The van der Waals surface area contributed by atoms with Crippen molar-refractivity contribution in [2.45, 2.75) is 19.6 Å². The maximum atomic E-state index is 12.4. The summed E-state index contributed by atoms with van der Waals surface area (Å²) >= 11 is 0. The van der Waals surface area contributed by atoms with Gasteiger partial charge >= 0.3 is 0 Å². The predicted octanol–water partition coefficient (Wildman–Crippen LogP) is -3.74. The second-order valence-corrected chi connectivity index (χ2v) is 6.50. The SMILES string of the molecule is O=C(NCc1ccccc1)c1ccc[n+](C/C=C/C[n+]2ccc(/C=N/O)cc2)c1.[Br-].[Br-]. The van der Waals surface area contributed by atoms with E-state index in [0.717, 1.165) is 17.7 Å². The summed E-state index contributed by atoms with van der Waals surface area (Å²) in [6, 6.07) is 17.3. The van der Waals surface area contributed by atoms with E-state index in [1.807, 2.05) is 88.5 Å². The fourth-order valence-electron chi connectivity index (χ4n) is 2.79. The molecule has 3 rings (SSSR count). The van der Waals surface area contributed by atoms with Gasteiger partial charge in [0.1, 0.15) is 5.56 Å². The van der Waals surface area contributed by atoms with Crippen LogP contribution in [-0.4, -0.2) is 17.3 Å². The van der Waals surface area contributed by atoms with Crippen molar-refractivity contribution in [3.63, 3.8) is 0 Å². The van der Waals surface area contributed by atoms with Crippen LogP contribution in [0, 0.1) is 0 Å². The van der Waals surface area contributed by atoms with Gasteiger partial charge in [-0.1, -0.05) is 35.5 Å². The molecule has 0 saturated carbocycles. The molecule has 0 radical (unpaired) electrons. The Morgan fingerprint density at radius 1 is 0.903 bits per heavy atom. The summed E-state index contributed by atoms with van der Waals surface area (Å²) in [5, 5.41) is 14.5. The van der Waals surface area contributed by atoms with Crippen LogP contribution in [0.2, 0.25) is 0 Å². The highest BCUT2D eigenvalue weighted by Gasteiger charge is 2.09. The van der Waals surface area contributed by atoms with E-state index in [-0.39, 0.29) is 39.9 Å². The average molecular weight is 548 g/mol. The first-order valence-electron chi connectivity index (χ1n) is 9.37. The minimum atomic E-state index is -0.0887. The molecule has 0 unspecified atom stereocenters. The maximum absolute atomic E-state index is 12.4. The Balaban J connectivity index is 0.00000240. The molecule has 31 heavy (non-hydrogen) atoms. The molecular formula is C23H24Br2N4O2. The molecule has 8 heteroatoms. The Morgan fingerprint density at radius 3 is 2.26 bits per heavy atom. The Morgan fingerprint density at radius 2 is 1.58 bits per heavy atom. The van der Waals surface area contributed by atoms with Crippen LogP contribution in [0.25, 0.3) is 0 Å². The summed E-state index contributed by atoms with van der Waals surface area (Å²) in [4.78, 5) is 12.4. The van der Waals surface area contributed by atoms with Gasteiger partial charge in [-0.15, -0.1) is 0 Å². The van der Waals surface area contributed by atoms with E-state index in [1.165, 1.54) is 6.21 Å². The van der Waals surface area contributed by atoms with E-state index in [2.05, 4.69) is 22.6 Å². The molecule has 6 nitrogen and oxygen atoms in total. The number of oxime groups is 1. The van der Waals surface area contributed by atoms with Gasteiger partial charge in [-0.05, 0) is 23.8 Å². The Bertz CT molecular complexity index is 994. The number of carbonyl (C=O) groups excluding carboxylic acids is 1. The molecule has 1 aromatic carbocycles. The van der Waals surface area contributed by atoms with Crippen molar-refractivity contribution >= 4 is 12.1 Å². The summed E-state index contributed by atoms with van der Waals surface area (Å²) in [5.41, 5.74) is 2.54. The molecule has 3 aromatic rings. The fraction of sp³-hybridized carbons (Fsp3) is 0.130. The van der Waals surface area contributed by atoms with Gasteiger partial charge in [0.15, 0.2) is 37.9 Å². The molecule has 0 spiro atoms. The number of aromatic nitrogens is 2. The number of pyridine rings is 2. The second-order valence-electron chi connectivity index (χ2n) is 6.50. The van der Waals surface area contributed by atoms with Gasteiger partial charge in [0.25, 0.3) is 5.91 Å². The topological polar surface area (TPSA) is 69.5 Å². The van der Waals surface area contributed by atoms with E-state index in [9.17, 15) is 4.79 Å². The number of benzene rings is 1. The van der Waals surface area contributed by atoms with Crippen molar-refractivity contribution in [2.24, 2.45) is 5.16 Å². The van der Waals surface area contributed by atoms with Gasteiger partial charge in [0.05, 0.1) is 6.21 Å². The van der Waals surface area contributed by atoms with E-state index < -0.39 is 0 Å². The fourth-order valence-corrected chi connectivity index (χ4v) is 2.79. The minimum absolute atomic E-state index is 0. The Kier molecular flexibility index (Phi) is 12.0. The second kappa shape index (κ2) is 14.2. The number of hydrogen-bond acceptors (Lipinski definition) is 3. The van der Waals surface area contributed by atoms with Crippen LogP contribution < -0.4 is 48.4 Å². The molecule has 2 N–H and O–H groups in total. The lowest BCUT2D eigenvalue weighted by atomic mass is 10.2. The number of hydrogen-bond donors (Lipinski definition) is 2. The van der Waals surface area contributed by atoms with Crippen LogP contribution in [-0.2, 0) is 19.6 Å². The van der Waals surface area contributed by atoms with Crippen LogP contribution in [0.4, 0.5) is 0 Å². The third-order valence-corrected chi connectivity index (χ3v) is 4.34. The maximum Gasteiger partial charge on any atom is 0.257 e. The quantitative estimate of drug-likeness (QED) is 0.100. The van der Waals surface area contributed by atoms with Crippen molar-refractivity contribution in [1.82, 2.24) is 5.32 Å². The van der Waals surface area contributed by atoms with E-state index >= 15 is 0 Å². The zero-order valence-corrected chi connectivity index (χ0v) is 20.0. The molecule has 0 bridgehead atoms. The average Bonchev–Trinajstić information content (AvgIpc) is 2.77. The molecule has 0 aliphatic carbocycles. The normalized spacial score (nSPS) is 10.5. The predicted molar refractivity (Wildman–Crippen MR) is 109 cm³/mol. The van der Waals surface area contributed by atoms with Crippen LogP contribution in [0.3, 0.4) is 0 Å². The highest BCUT2D eigenvalue weighted by molar-refractivity contribution is 5.93. The number of rotatable bonds is 8. The monoisotopic (exact) mass is 546 g/mol. The molecule has 0 atom stereocenters. The van der Waals surface area contributed by atoms with Crippen molar-refractivity contribution in [3.8, 4) is 0 Å². The summed E-state index contributed by atoms with van der Waals surface area (Å²) in [6.07, 6.45) is 13.1. The van der Waals surface area contributed by atoms with E-state index in [1.54, 1.807) is 0 Å². The number of amides is 1. The summed E-state index contributed by atoms with van der Waals surface area (Å²) in [6.45, 7) is 1.92. The Labute approximate surface area is 203 Å². The molecule has 2 heterocycles. The van der Waals surface area contributed by atoms with E-state index in [0.29, 0.717) is 18.7 Å². The van der Waals surface area contributed by atoms with Crippen molar-refractivity contribution in [2.75, 3.05) is 0 Å². The highest BCUT2D eigenvalue weighted by Crippen LogP contribution is 2.00. The molecule has 162 valence electrons. The largest absolute Gasteiger partial charge is 1.00 e. The summed E-state index contributed by atoms with van der Waals surface area (Å²) < 4.78 is 3.99. The number of carbonyl (C=O) groups is 1. The van der Waals surface area contributed by atoms with Crippen molar-refractivity contribution < 1.29 is 53.1 Å². The van der Waals surface area contributed by atoms with Gasteiger partial charge in [-0.25, -0.2) is 9.13 Å². The zero-order chi connectivity index (χ0) is 20.3. The van der Waals surface area contributed by atoms with Crippen LogP contribution in [0.15, 0.2) is 96.7 Å². The van der Waals surface area contributed by atoms with Crippen LogP contribution in [0.1, 0.15) is 21.5 Å². The summed E-state index contributed by atoms with van der Waals surface area (Å²) in [7, 11) is 0. The van der Waals surface area contributed by atoms with Gasteiger partial charge in [-0.2, -0.15) is 0 Å². The molecule has 0 aliphatic rings. The lowest BCUT2D eigenvalue weighted by molar-refractivity contribution is -0.691. The lowest BCUT2D eigenvalue weighted by Gasteiger charge is -2.04.